The molecule has 23 heavy (non-hydrogen) atoms. The third-order valence-electron chi connectivity index (χ3n) is 5.37. The molecule has 1 aromatic rings. The number of likely N-dealkylation sites (tertiary alicyclic amines) is 1. The highest BCUT2D eigenvalue weighted by atomic mass is 16.4. The van der Waals surface area contributed by atoms with Gasteiger partial charge in [-0.1, -0.05) is 42.5 Å². The number of benzene rings is 1. The van der Waals surface area contributed by atoms with Crippen LogP contribution >= 0.6 is 0 Å². The van der Waals surface area contributed by atoms with Crippen LogP contribution in [0.4, 0.5) is 0 Å². The summed E-state index contributed by atoms with van der Waals surface area (Å²) >= 11 is 0. The van der Waals surface area contributed by atoms with Crippen LogP contribution in [0.3, 0.4) is 0 Å². The highest BCUT2D eigenvalue weighted by Crippen LogP contribution is 2.54. The monoisotopic (exact) mass is 311 g/mol. The van der Waals surface area contributed by atoms with Crippen LogP contribution in [0.25, 0.3) is 0 Å². The molecule has 5 atom stereocenters. The van der Waals surface area contributed by atoms with E-state index < -0.39 is 12.0 Å². The Morgan fingerprint density at radius 1 is 1.09 bits per heavy atom. The second kappa shape index (κ2) is 5.05. The maximum Gasteiger partial charge on any atom is 0.305 e. The Hall–Kier alpha value is -2.43. The summed E-state index contributed by atoms with van der Waals surface area (Å²) in [5, 5.41) is 9.24. The zero-order chi connectivity index (χ0) is 16.1. The SMILES string of the molecule is O=C(O)C[C@H](c1ccccc1)N1C(=O)[C@@H]2[C@@H](C1=O)[C@H]1C=C[C@H]2C1. The minimum Gasteiger partial charge on any atom is -0.481 e. The topological polar surface area (TPSA) is 74.7 Å². The molecule has 5 nitrogen and oxygen atoms in total. The molecule has 2 aliphatic carbocycles. The van der Waals surface area contributed by atoms with Gasteiger partial charge in [0, 0.05) is 0 Å². The smallest absolute Gasteiger partial charge is 0.305 e. The maximum absolute atomic E-state index is 12.9. The van der Waals surface area contributed by atoms with Crippen molar-refractivity contribution < 1.29 is 19.5 Å². The summed E-state index contributed by atoms with van der Waals surface area (Å²) in [4.78, 5) is 38.2. The number of carbonyl (C=O) groups excluding carboxylic acids is 2. The minimum atomic E-state index is -1.02. The lowest BCUT2D eigenvalue weighted by molar-refractivity contribution is -0.146. The van der Waals surface area contributed by atoms with Gasteiger partial charge in [0.1, 0.15) is 0 Å². The molecule has 0 spiro atoms. The van der Waals surface area contributed by atoms with E-state index in [1.54, 1.807) is 24.3 Å². The highest BCUT2D eigenvalue weighted by Gasteiger charge is 2.60. The summed E-state index contributed by atoms with van der Waals surface area (Å²) in [6.45, 7) is 0. The lowest BCUT2D eigenvalue weighted by Crippen LogP contribution is -2.37. The number of carboxylic acids is 1. The maximum atomic E-state index is 12.9. The van der Waals surface area contributed by atoms with E-state index in [0.29, 0.717) is 5.56 Å². The molecule has 1 aromatic carbocycles. The van der Waals surface area contributed by atoms with E-state index in [1.807, 2.05) is 18.2 Å². The van der Waals surface area contributed by atoms with Gasteiger partial charge in [-0.15, -0.1) is 0 Å². The molecule has 2 fully saturated rings. The van der Waals surface area contributed by atoms with Crippen molar-refractivity contribution in [3.63, 3.8) is 0 Å². The van der Waals surface area contributed by atoms with Crippen LogP contribution in [0.15, 0.2) is 42.5 Å². The number of fused-ring (bicyclic) bond motifs is 5. The van der Waals surface area contributed by atoms with Crippen LogP contribution in [0.5, 0.6) is 0 Å². The first-order valence-corrected chi connectivity index (χ1v) is 7.90. The summed E-state index contributed by atoms with van der Waals surface area (Å²) < 4.78 is 0. The third kappa shape index (κ3) is 2.03. The van der Waals surface area contributed by atoms with Gasteiger partial charge < -0.3 is 5.11 Å². The molecular formula is C18H17NO4. The lowest BCUT2D eigenvalue weighted by Gasteiger charge is -2.27. The van der Waals surface area contributed by atoms with E-state index >= 15 is 0 Å². The molecule has 1 N–H and O–H groups in total. The number of amides is 2. The zero-order valence-electron chi connectivity index (χ0n) is 12.5. The molecule has 5 heteroatoms. The van der Waals surface area contributed by atoms with Crippen molar-refractivity contribution >= 4 is 17.8 Å². The Morgan fingerprint density at radius 3 is 2.17 bits per heavy atom. The van der Waals surface area contributed by atoms with Crippen LogP contribution in [0.1, 0.15) is 24.4 Å². The van der Waals surface area contributed by atoms with E-state index in [4.69, 9.17) is 0 Å². The lowest BCUT2D eigenvalue weighted by atomic mass is 9.85. The van der Waals surface area contributed by atoms with Gasteiger partial charge in [0.15, 0.2) is 0 Å². The summed E-state index contributed by atoms with van der Waals surface area (Å²) in [7, 11) is 0. The highest BCUT2D eigenvalue weighted by molar-refractivity contribution is 6.07. The van der Waals surface area contributed by atoms with E-state index in [-0.39, 0.29) is 41.9 Å². The largest absolute Gasteiger partial charge is 0.481 e. The van der Waals surface area contributed by atoms with Gasteiger partial charge in [0.25, 0.3) is 0 Å². The number of aliphatic carboxylic acids is 1. The van der Waals surface area contributed by atoms with Gasteiger partial charge >= 0.3 is 5.97 Å². The third-order valence-corrected chi connectivity index (χ3v) is 5.37. The first-order chi connectivity index (χ1) is 11.1. The molecule has 3 aliphatic rings. The van der Waals surface area contributed by atoms with Gasteiger partial charge in [0.2, 0.25) is 11.8 Å². The molecule has 1 saturated heterocycles. The van der Waals surface area contributed by atoms with Crippen molar-refractivity contribution in [3.8, 4) is 0 Å². The number of nitrogens with zero attached hydrogens (tertiary/aromatic N) is 1. The molecule has 0 aromatic heterocycles. The van der Waals surface area contributed by atoms with Gasteiger partial charge in [-0.05, 0) is 23.8 Å². The zero-order valence-corrected chi connectivity index (χ0v) is 12.5. The Morgan fingerprint density at radius 2 is 1.65 bits per heavy atom. The average molecular weight is 311 g/mol. The number of imide groups is 1. The number of hydrogen-bond acceptors (Lipinski definition) is 3. The van der Waals surface area contributed by atoms with Crippen LogP contribution < -0.4 is 0 Å². The summed E-state index contributed by atoms with van der Waals surface area (Å²) in [6, 6.07) is 8.24. The first kappa shape index (κ1) is 14.2. The van der Waals surface area contributed by atoms with Gasteiger partial charge in [-0.25, -0.2) is 0 Å². The average Bonchev–Trinajstić information content (AvgIpc) is 3.20. The van der Waals surface area contributed by atoms with E-state index in [0.717, 1.165) is 6.42 Å². The van der Waals surface area contributed by atoms with Crippen molar-refractivity contribution in [1.29, 1.82) is 0 Å². The number of carboxylic acid groups (broad SMARTS) is 1. The first-order valence-electron chi connectivity index (χ1n) is 7.90. The Balaban J connectivity index is 1.71. The van der Waals surface area contributed by atoms with Gasteiger partial charge in [-0.2, -0.15) is 0 Å². The molecule has 1 aliphatic heterocycles. The minimum absolute atomic E-state index is 0.132. The number of hydrogen-bond donors (Lipinski definition) is 1. The van der Waals surface area contributed by atoms with Gasteiger partial charge in [-0.3, -0.25) is 19.3 Å². The molecule has 4 rings (SSSR count). The molecule has 118 valence electrons. The number of carbonyl (C=O) groups is 3. The molecule has 0 unspecified atom stereocenters. The fraction of sp³-hybridized carbons (Fsp3) is 0.389. The van der Waals surface area contributed by atoms with Crippen LogP contribution in [0, 0.1) is 23.7 Å². The Labute approximate surface area is 133 Å². The van der Waals surface area contributed by atoms with E-state index in [9.17, 15) is 19.5 Å². The number of allylic oxidation sites excluding steroid dienone is 2. The molecular weight excluding hydrogens is 294 g/mol. The second-order valence-electron chi connectivity index (χ2n) is 6.57. The predicted octanol–water partition coefficient (Wildman–Crippen LogP) is 2.01. The van der Waals surface area contributed by atoms with Crippen molar-refractivity contribution in [2.75, 3.05) is 0 Å². The standard InChI is InChI=1S/C18H17NO4/c20-14(21)9-13(10-4-2-1-3-5-10)19-17(22)15-11-6-7-12(8-11)16(15)18(19)23/h1-7,11-13,15-16H,8-9H2,(H,20,21)/t11-,12-,13+,15-,16-/m0/s1. The molecule has 1 heterocycles. The van der Waals surface area contributed by atoms with Crippen molar-refractivity contribution in [2.24, 2.45) is 23.7 Å². The number of rotatable bonds is 4. The fourth-order valence-corrected chi connectivity index (χ4v) is 4.43. The van der Waals surface area contributed by atoms with Crippen molar-refractivity contribution in [1.82, 2.24) is 4.90 Å². The van der Waals surface area contributed by atoms with Crippen LogP contribution in [0.2, 0.25) is 0 Å². The van der Waals surface area contributed by atoms with Crippen LogP contribution in [-0.4, -0.2) is 27.8 Å². The Kier molecular flexibility index (Phi) is 3.11. The van der Waals surface area contributed by atoms with E-state index in [2.05, 4.69) is 0 Å². The second-order valence-corrected chi connectivity index (χ2v) is 6.57. The summed E-state index contributed by atoms with van der Waals surface area (Å²) in [5.41, 5.74) is 0.692. The normalized spacial score (nSPS) is 32.4. The van der Waals surface area contributed by atoms with Crippen molar-refractivity contribution in [2.45, 2.75) is 18.9 Å². The quantitative estimate of drug-likeness (QED) is 0.682. The van der Waals surface area contributed by atoms with Crippen molar-refractivity contribution in [3.05, 3.63) is 48.0 Å². The summed E-state index contributed by atoms with van der Waals surface area (Å²) in [6.07, 6.45) is 4.68. The molecule has 2 bridgehead atoms. The van der Waals surface area contributed by atoms with Gasteiger partial charge in [0.05, 0.1) is 24.3 Å². The molecule has 2 amide bonds. The Bertz CT molecular complexity index is 681. The fourth-order valence-electron chi connectivity index (χ4n) is 4.43. The molecule has 0 radical (unpaired) electrons. The van der Waals surface area contributed by atoms with Crippen LogP contribution in [-0.2, 0) is 14.4 Å². The van der Waals surface area contributed by atoms with E-state index in [1.165, 1.54) is 4.90 Å². The molecule has 1 saturated carbocycles. The summed E-state index contributed by atoms with van der Waals surface area (Å²) in [5.74, 6) is -1.74. The predicted molar refractivity (Wildman–Crippen MR) is 81.0 cm³/mol.